The second-order valence-corrected chi connectivity index (χ2v) is 5.81. The van der Waals surface area contributed by atoms with Crippen molar-refractivity contribution in [2.45, 2.75) is 25.8 Å². The third-order valence-electron chi connectivity index (χ3n) is 4.18. The summed E-state index contributed by atoms with van der Waals surface area (Å²) in [6.45, 7) is 7.58. The first-order valence-corrected chi connectivity index (χ1v) is 8.66. The molecule has 1 fully saturated rings. The van der Waals surface area contributed by atoms with Crippen LogP contribution in [0.3, 0.4) is 0 Å². The molecule has 1 saturated heterocycles. The van der Waals surface area contributed by atoms with E-state index in [9.17, 15) is 0 Å². The topological polar surface area (TPSA) is 48.9 Å². The summed E-state index contributed by atoms with van der Waals surface area (Å²) < 4.78 is 5.50. The molecule has 0 aliphatic carbocycles. The fourth-order valence-corrected chi connectivity index (χ4v) is 2.82. The molecule has 1 atom stereocenters. The zero-order chi connectivity index (χ0) is 16.3. The maximum absolute atomic E-state index is 5.50. The van der Waals surface area contributed by atoms with Gasteiger partial charge in [-0.2, -0.15) is 0 Å². The molecule has 0 radical (unpaired) electrons. The first kappa shape index (κ1) is 17.8. The van der Waals surface area contributed by atoms with Crippen molar-refractivity contribution in [3.8, 4) is 0 Å². The standard InChI is InChI=1S/C18H30N4O/c1-3-4-10-20-18(19-2)21-15-17(16-8-6-5-7-9-16)22-11-13-23-14-12-22/h5-9,17H,3-4,10-15H2,1-2H3,(H2,19,20,21). The Balaban J connectivity index is 1.97. The van der Waals surface area contributed by atoms with Crippen molar-refractivity contribution in [2.24, 2.45) is 4.99 Å². The molecule has 5 nitrogen and oxygen atoms in total. The minimum atomic E-state index is 0.338. The molecule has 1 aromatic carbocycles. The lowest BCUT2D eigenvalue weighted by atomic mass is 10.0. The second-order valence-electron chi connectivity index (χ2n) is 5.81. The SMILES string of the molecule is CCCCNC(=NC)NCC(c1ccccc1)N1CCOCC1. The lowest BCUT2D eigenvalue weighted by Gasteiger charge is -2.35. The highest BCUT2D eigenvalue weighted by Crippen LogP contribution is 2.20. The van der Waals surface area contributed by atoms with Gasteiger partial charge in [0.2, 0.25) is 0 Å². The molecule has 0 bridgehead atoms. The average molecular weight is 318 g/mol. The minimum absolute atomic E-state index is 0.338. The molecule has 0 aromatic heterocycles. The van der Waals surface area contributed by atoms with Crippen LogP contribution in [0.2, 0.25) is 0 Å². The van der Waals surface area contributed by atoms with E-state index in [1.54, 1.807) is 0 Å². The number of aliphatic imine (C=N–C) groups is 1. The van der Waals surface area contributed by atoms with Gasteiger partial charge in [-0.3, -0.25) is 9.89 Å². The largest absolute Gasteiger partial charge is 0.379 e. The van der Waals surface area contributed by atoms with Crippen molar-refractivity contribution >= 4 is 5.96 Å². The van der Waals surface area contributed by atoms with Crippen molar-refractivity contribution in [1.82, 2.24) is 15.5 Å². The van der Waals surface area contributed by atoms with Crippen LogP contribution in [0, 0.1) is 0 Å². The van der Waals surface area contributed by atoms with Gasteiger partial charge in [-0.1, -0.05) is 43.7 Å². The summed E-state index contributed by atoms with van der Waals surface area (Å²) in [5.41, 5.74) is 1.34. The average Bonchev–Trinajstić information content (AvgIpc) is 2.62. The van der Waals surface area contributed by atoms with Crippen LogP contribution in [0.1, 0.15) is 31.4 Å². The molecule has 2 N–H and O–H groups in total. The number of morpholine rings is 1. The van der Waals surface area contributed by atoms with E-state index >= 15 is 0 Å². The van der Waals surface area contributed by atoms with Crippen LogP contribution in [0.15, 0.2) is 35.3 Å². The van der Waals surface area contributed by atoms with E-state index in [0.29, 0.717) is 6.04 Å². The molecule has 128 valence electrons. The van der Waals surface area contributed by atoms with Gasteiger partial charge in [-0.05, 0) is 12.0 Å². The summed E-state index contributed by atoms with van der Waals surface area (Å²) in [6.07, 6.45) is 2.34. The van der Waals surface area contributed by atoms with Crippen LogP contribution < -0.4 is 10.6 Å². The highest BCUT2D eigenvalue weighted by molar-refractivity contribution is 5.79. The van der Waals surface area contributed by atoms with Crippen molar-refractivity contribution < 1.29 is 4.74 Å². The van der Waals surface area contributed by atoms with Crippen LogP contribution in [0.4, 0.5) is 0 Å². The van der Waals surface area contributed by atoms with Gasteiger partial charge in [-0.25, -0.2) is 0 Å². The quantitative estimate of drug-likeness (QED) is 0.459. The Kier molecular flexibility index (Phi) is 7.90. The molecule has 1 unspecified atom stereocenters. The van der Waals surface area contributed by atoms with Gasteiger partial charge < -0.3 is 15.4 Å². The van der Waals surface area contributed by atoms with Crippen LogP contribution in [0.25, 0.3) is 0 Å². The highest BCUT2D eigenvalue weighted by Gasteiger charge is 2.22. The molecule has 1 heterocycles. The van der Waals surface area contributed by atoms with Gasteiger partial charge in [0.1, 0.15) is 0 Å². The maximum Gasteiger partial charge on any atom is 0.191 e. The van der Waals surface area contributed by atoms with Crippen LogP contribution in [-0.4, -0.2) is 57.3 Å². The lowest BCUT2D eigenvalue weighted by molar-refractivity contribution is 0.0170. The Bertz CT molecular complexity index is 457. The van der Waals surface area contributed by atoms with E-state index in [2.05, 4.69) is 57.8 Å². The number of ether oxygens (including phenoxy) is 1. The summed E-state index contributed by atoms with van der Waals surface area (Å²) in [5, 5.41) is 6.86. The van der Waals surface area contributed by atoms with Crippen molar-refractivity contribution in [3.05, 3.63) is 35.9 Å². The summed E-state index contributed by atoms with van der Waals surface area (Å²) in [5.74, 6) is 0.882. The molecule has 1 aliphatic rings. The normalized spacial score (nSPS) is 17.7. The lowest BCUT2D eigenvalue weighted by Crippen LogP contribution is -2.46. The van der Waals surface area contributed by atoms with Crippen molar-refractivity contribution in [1.29, 1.82) is 0 Å². The smallest absolute Gasteiger partial charge is 0.191 e. The monoisotopic (exact) mass is 318 g/mol. The molecular formula is C18H30N4O. The predicted molar refractivity (Wildman–Crippen MR) is 95.8 cm³/mol. The fourth-order valence-electron chi connectivity index (χ4n) is 2.82. The van der Waals surface area contributed by atoms with E-state index in [1.165, 1.54) is 12.0 Å². The van der Waals surface area contributed by atoms with Crippen molar-refractivity contribution in [2.75, 3.05) is 46.4 Å². The Morgan fingerprint density at radius 2 is 1.96 bits per heavy atom. The molecule has 0 saturated carbocycles. The predicted octanol–water partition coefficient (Wildman–Crippen LogP) is 2.02. The number of guanidine groups is 1. The summed E-state index contributed by atoms with van der Waals surface area (Å²) in [4.78, 5) is 6.81. The number of nitrogens with zero attached hydrogens (tertiary/aromatic N) is 2. The number of unbranched alkanes of at least 4 members (excludes halogenated alkanes) is 1. The zero-order valence-corrected chi connectivity index (χ0v) is 14.4. The van der Waals surface area contributed by atoms with E-state index in [1.807, 2.05) is 7.05 Å². The van der Waals surface area contributed by atoms with Crippen molar-refractivity contribution in [3.63, 3.8) is 0 Å². The molecule has 23 heavy (non-hydrogen) atoms. The number of benzene rings is 1. The number of nitrogens with one attached hydrogen (secondary N) is 2. The van der Waals surface area contributed by atoms with Gasteiger partial charge in [0.15, 0.2) is 5.96 Å². The van der Waals surface area contributed by atoms with E-state index in [4.69, 9.17) is 4.74 Å². The number of hydrogen-bond donors (Lipinski definition) is 2. The van der Waals surface area contributed by atoms with Gasteiger partial charge in [-0.15, -0.1) is 0 Å². The molecule has 1 aromatic rings. The summed E-state index contributed by atoms with van der Waals surface area (Å²) >= 11 is 0. The van der Waals surface area contributed by atoms with Gasteiger partial charge in [0.05, 0.1) is 19.3 Å². The minimum Gasteiger partial charge on any atom is -0.379 e. The number of rotatable bonds is 7. The molecule has 1 aliphatic heterocycles. The first-order chi connectivity index (χ1) is 11.3. The van der Waals surface area contributed by atoms with E-state index in [-0.39, 0.29) is 0 Å². The van der Waals surface area contributed by atoms with Gasteiger partial charge >= 0.3 is 0 Å². The van der Waals surface area contributed by atoms with E-state index in [0.717, 1.165) is 51.8 Å². The Morgan fingerprint density at radius 1 is 1.22 bits per heavy atom. The van der Waals surface area contributed by atoms with Crippen LogP contribution >= 0.6 is 0 Å². The Morgan fingerprint density at radius 3 is 2.61 bits per heavy atom. The first-order valence-electron chi connectivity index (χ1n) is 8.66. The Labute approximate surface area is 140 Å². The van der Waals surface area contributed by atoms with Gasteiger partial charge in [0.25, 0.3) is 0 Å². The van der Waals surface area contributed by atoms with Crippen LogP contribution in [-0.2, 0) is 4.74 Å². The highest BCUT2D eigenvalue weighted by atomic mass is 16.5. The zero-order valence-electron chi connectivity index (χ0n) is 14.4. The molecule has 2 rings (SSSR count). The second kappa shape index (κ2) is 10.2. The van der Waals surface area contributed by atoms with Crippen LogP contribution in [0.5, 0.6) is 0 Å². The number of hydrogen-bond acceptors (Lipinski definition) is 3. The Hall–Kier alpha value is -1.59. The summed E-state index contributed by atoms with van der Waals surface area (Å²) in [6, 6.07) is 11.0. The molecule has 5 heteroatoms. The third kappa shape index (κ3) is 5.84. The van der Waals surface area contributed by atoms with Gasteiger partial charge in [0, 0.05) is 33.2 Å². The molecule has 0 amide bonds. The fraction of sp³-hybridized carbons (Fsp3) is 0.611. The third-order valence-corrected chi connectivity index (χ3v) is 4.18. The molecular weight excluding hydrogens is 288 g/mol. The maximum atomic E-state index is 5.50. The molecule has 0 spiro atoms. The summed E-state index contributed by atoms with van der Waals surface area (Å²) in [7, 11) is 1.83. The van der Waals surface area contributed by atoms with E-state index < -0.39 is 0 Å².